The second kappa shape index (κ2) is 3.89. The normalized spacial score (nSPS) is 33.2. The Bertz CT molecular complexity index is 221. The highest BCUT2D eigenvalue weighted by Gasteiger charge is 2.44. The summed E-state index contributed by atoms with van der Waals surface area (Å²) in [7, 11) is 0. The molecule has 0 radical (unpaired) electrons. The Kier molecular flexibility index (Phi) is 2.77. The fraction of sp³-hybridized carbons (Fsp3) is 0.909. The quantitative estimate of drug-likeness (QED) is 0.638. The van der Waals surface area contributed by atoms with Crippen molar-refractivity contribution in [2.45, 2.75) is 32.8 Å². The number of nitrogens with zero attached hydrogens (tertiary/aromatic N) is 1. The van der Waals surface area contributed by atoms with E-state index in [1.54, 1.807) is 0 Å². The SMILES string of the molecule is CC(C)[C@@H]1OC(=O)[C@@H]1CN1CCCC1. The van der Waals surface area contributed by atoms with Crippen molar-refractivity contribution in [2.24, 2.45) is 11.8 Å². The number of rotatable bonds is 3. The molecule has 0 aromatic carbocycles. The second-order valence-electron chi connectivity index (χ2n) is 4.76. The van der Waals surface area contributed by atoms with Gasteiger partial charge in [-0.3, -0.25) is 4.79 Å². The molecule has 0 amide bonds. The van der Waals surface area contributed by atoms with Crippen LogP contribution in [0.1, 0.15) is 26.7 Å². The summed E-state index contributed by atoms with van der Waals surface area (Å²) in [5.41, 5.74) is 0. The summed E-state index contributed by atoms with van der Waals surface area (Å²) in [6.45, 7) is 7.48. The first-order chi connectivity index (χ1) is 6.68. The van der Waals surface area contributed by atoms with Crippen molar-refractivity contribution in [3.8, 4) is 0 Å². The molecule has 0 saturated carbocycles. The molecule has 2 aliphatic heterocycles. The molecule has 0 spiro atoms. The van der Waals surface area contributed by atoms with E-state index in [1.807, 2.05) is 0 Å². The monoisotopic (exact) mass is 197 g/mol. The van der Waals surface area contributed by atoms with Crippen molar-refractivity contribution >= 4 is 5.97 Å². The smallest absolute Gasteiger partial charge is 0.314 e. The minimum atomic E-state index is 0.00981. The first-order valence-corrected chi connectivity index (χ1v) is 5.61. The molecule has 0 aromatic heterocycles. The number of cyclic esters (lactones) is 1. The average Bonchev–Trinajstić information content (AvgIpc) is 2.62. The lowest BCUT2D eigenvalue weighted by Crippen LogP contribution is -2.52. The van der Waals surface area contributed by atoms with Crippen molar-refractivity contribution in [1.29, 1.82) is 0 Å². The summed E-state index contributed by atoms with van der Waals surface area (Å²) < 4.78 is 5.16. The van der Waals surface area contributed by atoms with E-state index in [2.05, 4.69) is 18.7 Å². The third-order valence-corrected chi connectivity index (χ3v) is 3.26. The lowest BCUT2D eigenvalue weighted by Gasteiger charge is -2.39. The van der Waals surface area contributed by atoms with Crippen LogP contribution in [0.4, 0.5) is 0 Å². The number of hydrogen-bond acceptors (Lipinski definition) is 3. The van der Waals surface area contributed by atoms with E-state index in [0.29, 0.717) is 5.92 Å². The first kappa shape index (κ1) is 9.97. The lowest BCUT2D eigenvalue weighted by molar-refractivity contribution is -0.191. The van der Waals surface area contributed by atoms with Crippen LogP contribution in [0.2, 0.25) is 0 Å². The standard InChI is InChI=1S/C11H19NO2/c1-8(2)10-9(11(13)14-10)7-12-5-3-4-6-12/h8-10H,3-7H2,1-2H3/t9-,10+/m1/s1. The molecule has 2 fully saturated rings. The van der Waals surface area contributed by atoms with Crippen LogP contribution in [0.5, 0.6) is 0 Å². The summed E-state index contributed by atoms with van der Waals surface area (Å²) >= 11 is 0. The van der Waals surface area contributed by atoms with Crippen LogP contribution in [0.15, 0.2) is 0 Å². The van der Waals surface area contributed by atoms with Crippen LogP contribution < -0.4 is 0 Å². The van der Waals surface area contributed by atoms with Gasteiger partial charge in [0.2, 0.25) is 0 Å². The fourth-order valence-corrected chi connectivity index (χ4v) is 2.39. The third-order valence-electron chi connectivity index (χ3n) is 3.26. The van der Waals surface area contributed by atoms with Gasteiger partial charge < -0.3 is 9.64 Å². The van der Waals surface area contributed by atoms with E-state index >= 15 is 0 Å². The maximum absolute atomic E-state index is 11.3. The van der Waals surface area contributed by atoms with Gasteiger partial charge in [-0.2, -0.15) is 0 Å². The maximum atomic E-state index is 11.3. The third kappa shape index (κ3) is 1.78. The summed E-state index contributed by atoms with van der Waals surface area (Å²) in [4.78, 5) is 13.7. The van der Waals surface area contributed by atoms with Crippen LogP contribution >= 0.6 is 0 Å². The van der Waals surface area contributed by atoms with Gasteiger partial charge in [-0.05, 0) is 31.8 Å². The van der Waals surface area contributed by atoms with Crippen molar-refractivity contribution < 1.29 is 9.53 Å². The average molecular weight is 197 g/mol. The molecular formula is C11H19NO2. The maximum Gasteiger partial charge on any atom is 0.314 e. The van der Waals surface area contributed by atoms with Gasteiger partial charge in [0, 0.05) is 6.54 Å². The molecule has 2 rings (SSSR count). The second-order valence-corrected chi connectivity index (χ2v) is 4.76. The number of esters is 1. The van der Waals surface area contributed by atoms with Crippen molar-refractivity contribution in [1.82, 2.24) is 4.90 Å². The van der Waals surface area contributed by atoms with Crippen LogP contribution in [-0.4, -0.2) is 36.6 Å². The zero-order chi connectivity index (χ0) is 10.1. The topological polar surface area (TPSA) is 29.5 Å². The van der Waals surface area contributed by atoms with Crippen molar-refractivity contribution in [3.63, 3.8) is 0 Å². The number of ether oxygens (including phenoxy) is 1. The number of likely N-dealkylation sites (tertiary alicyclic amines) is 1. The zero-order valence-corrected chi connectivity index (χ0v) is 9.03. The Hall–Kier alpha value is -0.570. The van der Waals surface area contributed by atoms with Gasteiger partial charge in [-0.15, -0.1) is 0 Å². The van der Waals surface area contributed by atoms with E-state index in [4.69, 9.17) is 4.74 Å². The Labute approximate surface area is 85.4 Å². The van der Waals surface area contributed by atoms with Gasteiger partial charge in [0.15, 0.2) is 0 Å². The fourth-order valence-electron chi connectivity index (χ4n) is 2.39. The molecule has 0 bridgehead atoms. The molecule has 0 aliphatic carbocycles. The van der Waals surface area contributed by atoms with E-state index in [-0.39, 0.29) is 18.0 Å². The summed E-state index contributed by atoms with van der Waals surface area (Å²) in [6.07, 6.45) is 2.74. The Morgan fingerprint density at radius 1 is 1.43 bits per heavy atom. The van der Waals surface area contributed by atoms with Gasteiger partial charge in [0.25, 0.3) is 0 Å². The van der Waals surface area contributed by atoms with Crippen molar-refractivity contribution in [2.75, 3.05) is 19.6 Å². The molecule has 3 heteroatoms. The minimum absolute atomic E-state index is 0.00981. The Morgan fingerprint density at radius 3 is 2.57 bits per heavy atom. The molecule has 3 nitrogen and oxygen atoms in total. The highest BCUT2D eigenvalue weighted by Crippen LogP contribution is 2.29. The predicted molar refractivity (Wildman–Crippen MR) is 53.9 cm³/mol. The number of carbonyl (C=O) groups excluding carboxylic acids is 1. The number of hydrogen-bond donors (Lipinski definition) is 0. The molecule has 0 N–H and O–H groups in total. The van der Waals surface area contributed by atoms with Crippen molar-refractivity contribution in [3.05, 3.63) is 0 Å². The van der Waals surface area contributed by atoms with Crippen LogP contribution in [0, 0.1) is 11.8 Å². The largest absolute Gasteiger partial charge is 0.461 e. The van der Waals surface area contributed by atoms with Gasteiger partial charge in [-0.25, -0.2) is 0 Å². The first-order valence-electron chi connectivity index (χ1n) is 5.61. The Morgan fingerprint density at radius 2 is 2.07 bits per heavy atom. The summed E-state index contributed by atoms with van der Waals surface area (Å²) in [6, 6.07) is 0. The van der Waals surface area contributed by atoms with E-state index in [1.165, 1.54) is 12.8 Å². The molecule has 2 aliphatic rings. The molecule has 2 atom stereocenters. The number of carbonyl (C=O) groups is 1. The molecular weight excluding hydrogens is 178 g/mol. The Balaban J connectivity index is 1.86. The molecule has 2 saturated heterocycles. The molecule has 14 heavy (non-hydrogen) atoms. The molecule has 0 unspecified atom stereocenters. The van der Waals surface area contributed by atoms with Crippen LogP contribution in [0.25, 0.3) is 0 Å². The molecule has 80 valence electrons. The molecule has 2 heterocycles. The molecule has 0 aromatic rings. The summed E-state index contributed by atoms with van der Waals surface area (Å²) in [5, 5.41) is 0. The van der Waals surface area contributed by atoms with Crippen LogP contribution in [-0.2, 0) is 9.53 Å². The van der Waals surface area contributed by atoms with Gasteiger partial charge in [0.1, 0.15) is 12.0 Å². The van der Waals surface area contributed by atoms with Gasteiger partial charge in [-0.1, -0.05) is 13.8 Å². The minimum Gasteiger partial charge on any atom is -0.461 e. The van der Waals surface area contributed by atoms with Crippen LogP contribution in [0.3, 0.4) is 0 Å². The highest BCUT2D eigenvalue weighted by atomic mass is 16.6. The van der Waals surface area contributed by atoms with E-state index < -0.39 is 0 Å². The lowest BCUT2D eigenvalue weighted by atomic mass is 9.88. The van der Waals surface area contributed by atoms with Gasteiger partial charge >= 0.3 is 5.97 Å². The van der Waals surface area contributed by atoms with E-state index in [0.717, 1.165) is 19.6 Å². The summed E-state index contributed by atoms with van der Waals surface area (Å²) in [5.74, 6) is 0.615. The van der Waals surface area contributed by atoms with Gasteiger partial charge in [0.05, 0.1) is 0 Å². The zero-order valence-electron chi connectivity index (χ0n) is 9.03. The highest BCUT2D eigenvalue weighted by molar-refractivity contribution is 5.78. The predicted octanol–water partition coefficient (Wildman–Crippen LogP) is 1.28. The van der Waals surface area contributed by atoms with E-state index in [9.17, 15) is 4.79 Å².